The van der Waals surface area contributed by atoms with Crippen LogP contribution in [0.1, 0.15) is 30.2 Å². The van der Waals surface area contributed by atoms with Crippen molar-refractivity contribution in [1.82, 2.24) is 10.3 Å². The summed E-state index contributed by atoms with van der Waals surface area (Å²) >= 11 is 0. The first kappa shape index (κ1) is 15.5. The van der Waals surface area contributed by atoms with Gasteiger partial charge >= 0.3 is 0 Å². The highest BCUT2D eigenvalue weighted by molar-refractivity contribution is 5.91. The van der Waals surface area contributed by atoms with Gasteiger partial charge in [-0.1, -0.05) is 6.07 Å². The van der Waals surface area contributed by atoms with Crippen LogP contribution in [0.15, 0.2) is 53.4 Å². The predicted molar refractivity (Wildman–Crippen MR) is 86.4 cm³/mol. The first-order valence-electron chi connectivity index (χ1n) is 7.82. The molecule has 0 radical (unpaired) electrons. The van der Waals surface area contributed by atoms with Crippen molar-refractivity contribution >= 4 is 12.0 Å². The van der Waals surface area contributed by atoms with Crippen LogP contribution in [0.3, 0.4) is 0 Å². The molecule has 0 aromatic carbocycles. The van der Waals surface area contributed by atoms with Crippen LogP contribution in [0.4, 0.5) is 0 Å². The Labute approximate surface area is 135 Å². The zero-order valence-corrected chi connectivity index (χ0v) is 12.9. The van der Waals surface area contributed by atoms with Crippen molar-refractivity contribution in [2.45, 2.75) is 18.9 Å². The zero-order chi connectivity index (χ0) is 15.9. The van der Waals surface area contributed by atoms with Gasteiger partial charge in [-0.25, -0.2) is 0 Å². The molecule has 23 heavy (non-hydrogen) atoms. The second-order valence-electron chi connectivity index (χ2n) is 5.57. The Morgan fingerprint density at radius 2 is 2.17 bits per heavy atom. The number of hydrogen-bond donors (Lipinski definition) is 1. The third-order valence-electron chi connectivity index (χ3n) is 4.02. The smallest absolute Gasteiger partial charge is 0.244 e. The van der Waals surface area contributed by atoms with E-state index in [1.165, 1.54) is 6.08 Å². The minimum atomic E-state index is -0.137. The van der Waals surface area contributed by atoms with Gasteiger partial charge in [0.2, 0.25) is 5.91 Å². The second kappa shape index (κ2) is 7.74. The molecule has 120 valence electrons. The van der Waals surface area contributed by atoms with Crippen molar-refractivity contribution in [3.05, 3.63) is 60.3 Å². The SMILES string of the molecule is O=C(/C=C/c1ccco1)N[C@@H](c1cccnc1)C1CCOCC1. The van der Waals surface area contributed by atoms with Crippen molar-refractivity contribution in [1.29, 1.82) is 0 Å². The van der Waals surface area contributed by atoms with E-state index in [-0.39, 0.29) is 11.9 Å². The summed E-state index contributed by atoms with van der Waals surface area (Å²) in [6, 6.07) is 7.44. The molecule has 5 heteroatoms. The molecule has 2 aromatic heterocycles. The number of carbonyl (C=O) groups excluding carboxylic acids is 1. The molecule has 3 heterocycles. The third kappa shape index (κ3) is 4.29. The Kier molecular flexibility index (Phi) is 5.21. The van der Waals surface area contributed by atoms with E-state index >= 15 is 0 Å². The molecule has 1 saturated heterocycles. The van der Waals surface area contributed by atoms with Crippen LogP contribution in [0.2, 0.25) is 0 Å². The molecule has 0 aliphatic carbocycles. The number of rotatable bonds is 5. The normalized spacial score (nSPS) is 17.2. The number of carbonyl (C=O) groups is 1. The Bertz CT molecular complexity index is 632. The molecular formula is C18H20N2O3. The molecule has 0 saturated carbocycles. The van der Waals surface area contributed by atoms with E-state index in [9.17, 15) is 4.79 Å². The maximum atomic E-state index is 12.3. The first-order valence-corrected chi connectivity index (χ1v) is 7.82. The number of nitrogens with zero attached hydrogens (tertiary/aromatic N) is 1. The van der Waals surface area contributed by atoms with Gasteiger partial charge < -0.3 is 14.5 Å². The summed E-state index contributed by atoms with van der Waals surface area (Å²) in [6.07, 6.45) is 10.2. The van der Waals surface area contributed by atoms with E-state index in [0.29, 0.717) is 11.7 Å². The van der Waals surface area contributed by atoms with E-state index in [4.69, 9.17) is 9.15 Å². The molecular weight excluding hydrogens is 292 g/mol. The van der Waals surface area contributed by atoms with Crippen LogP contribution in [-0.4, -0.2) is 24.1 Å². The van der Waals surface area contributed by atoms with Gasteiger partial charge in [0.15, 0.2) is 0 Å². The van der Waals surface area contributed by atoms with Crippen molar-refractivity contribution < 1.29 is 13.9 Å². The van der Waals surface area contributed by atoms with Gasteiger partial charge in [-0.2, -0.15) is 0 Å². The predicted octanol–water partition coefficient (Wildman–Crippen LogP) is 2.97. The molecule has 1 amide bonds. The van der Waals surface area contributed by atoms with E-state index in [1.54, 1.807) is 30.7 Å². The Hall–Kier alpha value is -2.40. The van der Waals surface area contributed by atoms with Gasteiger partial charge in [0.1, 0.15) is 5.76 Å². The fraction of sp³-hybridized carbons (Fsp3) is 0.333. The summed E-state index contributed by atoms with van der Waals surface area (Å²) in [6.45, 7) is 1.47. The lowest BCUT2D eigenvalue weighted by Gasteiger charge is -2.30. The lowest BCUT2D eigenvalue weighted by molar-refractivity contribution is -0.117. The maximum absolute atomic E-state index is 12.3. The number of amides is 1. The van der Waals surface area contributed by atoms with E-state index in [0.717, 1.165) is 31.6 Å². The third-order valence-corrected chi connectivity index (χ3v) is 4.02. The van der Waals surface area contributed by atoms with Crippen molar-refractivity contribution in [3.8, 4) is 0 Å². The topological polar surface area (TPSA) is 64.4 Å². The molecule has 1 aliphatic rings. The molecule has 3 rings (SSSR count). The van der Waals surface area contributed by atoms with Crippen LogP contribution < -0.4 is 5.32 Å². The monoisotopic (exact) mass is 312 g/mol. The van der Waals surface area contributed by atoms with Gasteiger partial charge in [-0.3, -0.25) is 9.78 Å². The number of pyridine rings is 1. The number of furan rings is 1. The highest BCUT2D eigenvalue weighted by Crippen LogP contribution is 2.29. The van der Waals surface area contributed by atoms with Crippen LogP contribution in [0.5, 0.6) is 0 Å². The summed E-state index contributed by atoms with van der Waals surface area (Å²) in [5.74, 6) is 0.875. The standard InChI is InChI=1S/C18H20N2O3/c21-17(6-5-16-4-2-10-23-16)20-18(14-7-11-22-12-8-14)15-3-1-9-19-13-15/h1-6,9-10,13-14,18H,7-8,11-12H2,(H,20,21)/b6-5+/t18-/m1/s1. The minimum absolute atomic E-state index is 0.0543. The quantitative estimate of drug-likeness (QED) is 0.862. The average Bonchev–Trinajstić information content (AvgIpc) is 3.13. The van der Waals surface area contributed by atoms with Gasteiger partial charge in [0.05, 0.1) is 12.3 Å². The molecule has 1 N–H and O–H groups in total. The van der Waals surface area contributed by atoms with E-state index < -0.39 is 0 Å². The number of hydrogen-bond acceptors (Lipinski definition) is 4. The Morgan fingerprint density at radius 1 is 1.30 bits per heavy atom. The maximum Gasteiger partial charge on any atom is 0.244 e. The highest BCUT2D eigenvalue weighted by atomic mass is 16.5. The molecule has 1 aliphatic heterocycles. The first-order chi connectivity index (χ1) is 11.3. The van der Waals surface area contributed by atoms with E-state index in [1.807, 2.05) is 18.3 Å². The van der Waals surface area contributed by atoms with Gasteiger partial charge in [-0.05, 0) is 48.6 Å². The summed E-state index contributed by atoms with van der Waals surface area (Å²) in [4.78, 5) is 16.5. The van der Waals surface area contributed by atoms with Gasteiger partial charge in [-0.15, -0.1) is 0 Å². The molecule has 1 fully saturated rings. The van der Waals surface area contributed by atoms with Crippen LogP contribution in [0.25, 0.3) is 6.08 Å². The molecule has 2 aromatic rings. The molecule has 0 unspecified atom stereocenters. The highest BCUT2D eigenvalue weighted by Gasteiger charge is 2.26. The van der Waals surface area contributed by atoms with Crippen LogP contribution in [0, 0.1) is 5.92 Å². The van der Waals surface area contributed by atoms with Crippen LogP contribution >= 0.6 is 0 Å². The van der Waals surface area contributed by atoms with Gasteiger partial charge in [0, 0.05) is 31.7 Å². The summed E-state index contributed by atoms with van der Waals surface area (Å²) in [5, 5.41) is 3.10. The van der Waals surface area contributed by atoms with Crippen molar-refractivity contribution in [3.63, 3.8) is 0 Å². The Balaban J connectivity index is 1.71. The molecule has 5 nitrogen and oxygen atoms in total. The molecule has 0 spiro atoms. The number of nitrogens with one attached hydrogen (secondary N) is 1. The average molecular weight is 312 g/mol. The lowest BCUT2D eigenvalue weighted by Crippen LogP contribution is -2.35. The minimum Gasteiger partial charge on any atom is -0.465 e. The lowest BCUT2D eigenvalue weighted by atomic mass is 9.87. The number of aromatic nitrogens is 1. The van der Waals surface area contributed by atoms with Gasteiger partial charge in [0.25, 0.3) is 0 Å². The summed E-state index contributed by atoms with van der Waals surface area (Å²) in [7, 11) is 0. The molecule has 1 atom stereocenters. The van der Waals surface area contributed by atoms with Crippen molar-refractivity contribution in [2.24, 2.45) is 5.92 Å². The fourth-order valence-corrected chi connectivity index (χ4v) is 2.83. The number of ether oxygens (including phenoxy) is 1. The zero-order valence-electron chi connectivity index (χ0n) is 12.9. The van der Waals surface area contributed by atoms with Crippen molar-refractivity contribution in [2.75, 3.05) is 13.2 Å². The van der Waals surface area contributed by atoms with E-state index in [2.05, 4.69) is 10.3 Å². The summed E-state index contributed by atoms with van der Waals surface area (Å²) in [5.41, 5.74) is 1.03. The Morgan fingerprint density at radius 3 is 2.87 bits per heavy atom. The largest absolute Gasteiger partial charge is 0.465 e. The van der Waals surface area contributed by atoms with Crippen LogP contribution in [-0.2, 0) is 9.53 Å². The fourth-order valence-electron chi connectivity index (χ4n) is 2.83. The summed E-state index contributed by atoms with van der Waals surface area (Å²) < 4.78 is 10.6. The second-order valence-corrected chi connectivity index (χ2v) is 5.57. The molecule has 0 bridgehead atoms.